The fourth-order valence-corrected chi connectivity index (χ4v) is 3.74. The van der Waals surface area contributed by atoms with Crippen molar-refractivity contribution in [2.24, 2.45) is 5.92 Å². The van der Waals surface area contributed by atoms with Crippen LogP contribution in [0.25, 0.3) is 0 Å². The van der Waals surface area contributed by atoms with Gasteiger partial charge in [-0.05, 0) is 57.0 Å². The molecule has 0 spiro atoms. The fourth-order valence-electron chi connectivity index (χ4n) is 3.74. The number of hydrogen-bond acceptors (Lipinski definition) is 7. The average Bonchev–Trinajstić information content (AvgIpc) is 2.83. The van der Waals surface area contributed by atoms with Crippen molar-refractivity contribution in [2.75, 3.05) is 30.8 Å². The van der Waals surface area contributed by atoms with Crippen LogP contribution in [-0.2, 0) is 4.79 Å². The Hall–Kier alpha value is -3.62. The van der Waals surface area contributed by atoms with E-state index in [2.05, 4.69) is 56.1 Å². The lowest BCUT2D eigenvalue weighted by molar-refractivity contribution is -0.121. The Labute approximate surface area is 195 Å². The van der Waals surface area contributed by atoms with Crippen LogP contribution in [0.15, 0.2) is 30.5 Å². The highest BCUT2D eigenvalue weighted by molar-refractivity contribution is 5.78. The number of carbonyl (C=O) groups is 1. The van der Waals surface area contributed by atoms with Crippen LogP contribution in [0.4, 0.5) is 17.5 Å². The molecule has 4 N–H and O–H groups in total. The van der Waals surface area contributed by atoms with E-state index in [4.69, 9.17) is 5.26 Å². The molecule has 8 heteroatoms. The summed E-state index contributed by atoms with van der Waals surface area (Å²) in [5.41, 5.74) is 2.17. The molecule has 1 fully saturated rings. The molecular formula is C25H31N7O. The minimum absolute atomic E-state index is 0.0286. The Morgan fingerprint density at radius 2 is 2.06 bits per heavy atom. The lowest BCUT2D eigenvalue weighted by Gasteiger charge is -2.27. The van der Waals surface area contributed by atoms with Crippen LogP contribution in [-0.4, -0.2) is 42.1 Å². The molecule has 0 radical (unpaired) electrons. The second-order valence-corrected chi connectivity index (χ2v) is 8.12. The van der Waals surface area contributed by atoms with Gasteiger partial charge in [0.05, 0.1) is 29.9 Å². The molecule has 1 aliphatic rings. The molecule has 1 saturated carbocycles. The fraction of sp³-hybridized carbons (Fsp3) is 0.440. The van der Waals surface area contributed by atoms with Gasteiger partial charge in [-0.15, -0.1) is 0 Å². The Morgan fingerprint density at radius 1 is 1.24 bits per heavy atom. The number of nitrogens with zero attached hydrogens (tertiary/aromatic N) is 3. The minimum Gasteiger partial charge on any atom is -0.369 e. The molecule has 1 aromatic heterocycles. The van der Waals surface area contributed by atoms with Gasteiger partial charge in [0.1, 0.15) is 5.82 Å². The molecule has 0 saturated heterocycles. The minimum atomic E-state index is 0.0286. The van der Waals surface area contributed by atoms with E-state index in [1.165, 1.54) is 0 Å². The first-order valence-electron chi connectivity index (χ1n) is 11.4. The van der Waals surface area contributed by atoms with Crippen LogP contribution in [0.2, 0.25) is 0 Å². The van der Waals surface area contributed by atoms with Gasteiger partial charge >= 0.3 is 0 Å². The summed E-state index contributed by atoms with van der Waals surface area (Å²) in [5, 5.41) is 21.4. The predicted molar refractivity (Wildman–Crippen MR) is 130 cm³/mol. The standard InChI is InChI=1S/C25H31N7O/c1-3-13-28-24-20(10-7-18-5-4-6-22(14-18)30-23(33)17-27-2)16-29-25(32-24)31-21-11-8-19(15-26)9-12-21/h8-9,11-12,16,18,22,27H,3-6,13-14,17H2,1-2H3,(H,30,33)(H2,28,29,31,32)/t18-,22-/m0/s1. The molecule has 2 atom stereocenters. The summed E-state index contributed by atoms with van der Waals surface area (Å²) >= 11 is 0. The normalized spacial score (nSPS) is 17.2. The van der Waals surface area contributed by atoms with Gasteiger partial charge in [-0.3, -0.25) is 4.79 Å². The van der Waals surface area contributed by atoms with Crippen LogP contribution in [0, 0.1) is 29.1 Å². The number of hydrogen-bond donors (Lipinski definition) is 4. The highest BCUT2D eigenvalue weighted by Crippen LogP contribution is 2.24. The van der Waals surface area contributed by atoms with Crippen molar-refractivity contribution in [3.05, 3.63) is 41.6 Å². The van der Waals surface area contributed by atoms with Gasteiger partial charge in [-0.2, -0.15) is 10.2 Å². The van der Waals surface area contributed by atoms with Gasteiger partial charge < -0.3 is 21.3 Å². The number of amides is 1. The van der Waals surface area contributed by atoms with E-state index < -0.39 is 0 Å². The van der Waals surface area contributed by atoms with Crippen LogP contribution in [0.3, 0.4) is 0 Å². The number of carbonyl (C=O) groups excluding carboxylic acids is 1. The topological polar surface area (TPSA) is 115 Å². The molecule has 1 amide bonds. The molecule has 1 heterocycles. The number of benzene rings is 1. The molecule has 33 heavy (non-hydrogen) atoms. The van der Waals surface area contributed by atoms with Gasteiger partial charge in [0.15, 0.2) is 0 Å². The highest BCUT2D eigenvalue weighted by Gasteiger charge is 2.22. The molecule has 1 aliphatic carbocycles. The van der Waals surface area contributed by atoms with Gasteiger partial charge in [-0.25, -0.2) is 4.98 Å². The van der Waals surface area contributed by atoms with Gasteiger partial charge in [-0.1, -0.05) is 25.2 Å². The van der Waals surface area contributed by atoms with Crippen molar-refractivity contribution >= 4 is 23.4 Å². The summed E-state index contributed by atoms with van der Waals surface area (Å²) in [5.74, 6) is 8.08. The Kier molecular flexibility index (Phi) is 9.05. The van der Waals surface area contributed by atoms with Crippen LogP contribution >= 0.6 is 0 Å². The van der Waals surface area contributed by atoms with E-state index in [0.29, 0.717) is 23.9 Å². The molecule has 3 rings (SSSR count). The summed E-state index contributed by atoms with van der Waals surface area (Å²) in [7, 11) is 1.77. The van der Waals surface area contributed by atoms with E-state index in [1.54, 1.807) is 25.4 Å². The third-order valence-corrected chi connectivity index (χ3v) is 5.39. The van der Waals surface area contributed by atoms with Crippen LogP contribution < -0.4 is 21.3 Å². The van der Waals surface area contributed by atoms with Gasteiger partial charge in [0.25, 0.3) is 0 Å². The molecule has 1 aromatic carbocycles. The third-order valence-electron chi connectivity index (χ3n) is 5.39. The summed E-state index contributed by atoms with van der Waals surface area (Å²) in [4.78, 5) is 20.9. The maximum absolute atomic E-state index is 11.9. The van der Waals surface area contributed by atoms with E-state index in [-0.39, 0.29) is 17.9 Å². The zero-order chi connectivity index (χ0) is 23.5. The summed E-state index contributed by atoms with van der Waals surface area (Å²) in [6.45, 7) is 3.21. The summed E-state index contributed by atoms with van der Waals surface area (Å²) in [6, 6.07) is 9.42. The lowest BCUT2D eigenvalue weighted by Crippen LogP contribution is -2.41. The van der Waals surface area contributed by atoms with Crippen LogP contribution in [0.5, 0.6) is 0 Å². The maximum atomic E-state index is 11.9. The zero-order valence-electron chi connectivity index (χ0n) is 19.2. The van der Waals surface area contributed by atoms with Crippen molar-refractivity contribution < 1.29 is 4.79 Å². The largest absolute Gasteiger partial charge is 0.369 e. The Morgan fingerprint density at radius 3 is 2.79 bits per heavy atom. The Balaban J connectivity index is 1.71. The highest BCUT2D eigenvalue weighted by atomic mass is 16.1. The number of anilines is 3. The van der Waals surface area contributed by atoms with E-state index in [1.807, 2.05) is 12.1 Å². The van der Waals surface area contributed by atoms with Crippen molar-refractivity contribution in [2.45, 2.75) is 45.1 Å². The van der Waals surface area contributed by atoms with Gasteiger partial charge in [0, 0.05) is 24.2 Å². The van der Waals surface area contributed by atoms with Crippen molar-refractivity contribution in [3.8, 4) is 17.9 Å². The lowest BCUT2D eigenvalue weighted by atomic mass is 9.86. The second-order valence-electron chi connectivity index (χ2n) is 8.12. The molecule has 0 unspecified atom stereocenters. The smallest absolute Gasteiger partial charge is 0.234 e. The first-order chi connectivity index (χ1) is 16.1. The predicted octanol–water partition coefficient (Wildman–Crippen LogP) is 3.16. The van der Waals surface area contributed by atoms with E-state index in [9.17, 15) is 4.79 Å². The van der Waals surface area contributed by atoms with Crippen molar-refractivity contribution in [1.82, 2.24) is 20.6 Å². The molecule has 8 nitrogen and oxygen atoms in total. The average molecular weight is 446 g/mol. The molecule has 2 aromatic rings. The SMILES string of the molecule is CCCNc1nc(Nc2ccc(C#N)cc2)ncc1C#C[C@@H]1CCC[C@H](NC(=O)CNC)C1. The summed E-state index contributed by atoms with van der Waals surface area (Å²) in [6.07, 6.45) is 6.64. The number of aromatic nitrogens is 2. The Bertz CT molecular complexity index is 1030. The van der Waals surface area contributed by atoms with E-state index in [0.717, 1.165) is 49.9 Å². The zero-order valence-corrected chi connectivity index (χ0v) is 19.2. The molecular weight excluding hydrogens is 414 g/mol. The van der Waals surface area contributed by atoms with Crippen molar-refractivity contribution in [3.63, 3.8) is 0 Å². The summed E-state index contributed by atoms with van der Waals surface area (Å²) < 4.78 is 0. The first kappa shape index (κ1) is 24.0. The van der Waals surface area contributed by atoms with E-state index >= 15 is 0 Å². The molecule has 0 bridgehead atoms. The van der Waals surface area contributed by atoms with Crippen LogP contribution in [0.1, 0.15) is 50.2 Å². The second kappa shape index (κ2) is 12.4. The first-order valence-corrected chi connectivity index (χ1v) is 11.4. The van der Waals surface area contributed by atoms with Crippen molar-refractivity contribution in [1.29, 1.82) is 5.26 Å². The molecule has 172 valence electrons. The number of rotatable bonds is 8. The number of nitriles is 1. The monoisotopic (exact) mass is 445 g/mol. The van der Waals surface area contributed by atoms with Gasteiger partial charge in [0.2, 0.25) is 11.9 Å². The third kappa shape index (κ3) is 7.48. The quantitative estimate of drug-likeness (QED) is 0.462. The number of nitrogens with one attached hydrogen (secondary N) is 4. The number of likely N-dealkylation sites (N-methyl/N-ethyl adjacent to an activating group) is 1. The molecule has 0 aliphatic heterocycles. The maximum Gasteiger partial charge on any atom is 0.234 e.